The summed E-state index contributed by atoms with van der Waals surface area (Å²) >= 11 is 0. The van der Waals surface area contributed by atoms with E-state index >= 15 is 0 Å². The van der Waals surface area contributed by atoms with Crippen LogP contribution < -0.4 is 4.74 Å². The van der Waals surface area contributed by atoms with Crippen molar-refractivity contribution in [3.05, 3.63) is 47.7 Å². The van der Waals surface area contributed by atoms with Crippen molar-refractivity contribution < 1.29 is 14.1 Å². The van der Waals surface area contributed by atoms with Gasteiger partial charge in [-0.25, -0.2) is 0 Å². The molecule has 6 nitrogen and oxygen atoms in total. The number of rotatable bonds is 6. The molecule has 25 heavy (non-hydrogen) atoms. The maximum Gasteiger partial charge on any atom is 0.292 e. The molecule has 0 bridgehead atoms. The Hall–Kier alpha value is -2.34. The molecule has 0 N–H and O–H groups in total. The Kier molecular flexibility index (Phi) is 5.38. The van der Waals surface area contributed by atoms with Crippen LogP contribution in [0.3, 0.4) is 0 Å². The molecule has 0 radical (unpaired) electrons. The summed E-state index contributed by atoms with van der Waals surface area (Å²) in [5, 5.41) is 3.73. The van der Waals surface area contributed by atoms with E-state index in [9.17, 15) is 4.79 Å². The number of likely N-dealkylation sites (N-methyl/N-ethyl adjacent to an activating group) is 1. The van der Waals surface area contributed by atoms with Crippen molar-refractivity contribution >= 4 is 5.91 Å². The number of hydrogen-bond acceptors (Lipinski definition) is 5. The Morgan fingerprint density at radius 1 is 1.44 bits per heavy atom. The lowest BCUT2D eigenvalue weighted by atomic mass is 10.1. The molecular weight excluding hydrogens is 318 g/mol. The summed E-state index contributed by atoms with van der Waals surface area (Å²) in [7, 11) is 1.50. The van der Waals surface area contributed by atoms with E-state index in [1.807, 2.05) is 17.9 Å². The summed E-state index contributed by atoms with van der Waals surface area (Å²) in [6.45, 7) is 6.69. The maximum atomic E-state index is 12.8. The second kappa shape index (κ2) is 7.70. The molecular formula is C19H25N3O3. The van der Waals surface area contributed by atoms with Crippen LogP contribution in [0, 0.1) is 0 Å². The van der Waals surface area contributed by atoms with Crippen molar-refractivity contribution in [2.45, 2.75) is 32.4 Å². The van der Waals surface area contributed by atoms with E-state index < -0.39 is 0 Å². The second-order valence-corrected chi connectivity index (χ2v) is 6.35. The second-order valence-electron chi connectivity index (χ2n) is 6.35. The molecule has 1 fully saturated rings. The molecule has 2 heterocycles. The molecule has 0 aliphatic carbocycles. The molecule has 2 atom stereocenters. The van der Waals surface area contributed by atoms with Crippen LogP contribution in [0.2, 0.25) is 0 Å². The van der Waals surface area contributed by atoms with Crippen LogP contribution in [0.15, 0.2) is 40.9 Å². The fourth-order valence-electron chi connectivity index (χ4n) is 3.48. The number of hydrogen-bond donors (Lipinski definition) is 0. The lowest BCUT2D eigenvalue weighted by Gasteiger charge is -2.29. The van der Waals surface area contributed by atoms with Gasteiger partial charge in [0.1, 0.15) is 0 Å². The van der Waals surface area contributed by atoms with Crippen molar-refractivity contribution in [1.82, 2.24) is 15.0 Å². The van der Waals surface area contributed by atoms with Gasteiger partial charge in [-0.05, 0) is 31.0 Å². The number of benzene rings is 1. The molecule has 1 saturated heterocycles. The standard InChI is InChI=1S/C19H25N3O3/c1-4-22(19(23)17-12-18(24-3)20-25-17)16-10-11-21(13-16)14(2)15-8-6-5-7-9-15/h5-9,12,14,16H,4,10-11,13H2,1-3H3. The fourth-order valence-corrected chi connectivity index (χ4v) is 3.48. The molecule has 1 aromatic carbocycles. The van der Waals surface area contributed by atoms with Crippen molar-refractivity contribution in [1.29, 1.82) is 0 Å². The third-order valence-electron chi connectivity index (χ3n) is 4.98. The number of nitrogens with zero attached hydrogens (tertiary/aromatic N) is 3. The highest BCUT2D eigenvalue weighted by Gasteiger charge is 2.33. The minimum atomic E-state index is -0.127. The molecule has 1 aliphatic heterocycles. The first-order valence-corrected chi connectivity index (χ1v) is 8.74. The highest BCUT2D eigenvalue weighted by atomic mass is 16.5. The number of aromatic nitrogens is 1. The van der Waals surface area contributed by atoms with Gasteiger partial charge in [-0.15, -0.1) is 0 Å². The highest BCUT2D eigenvalue weighted by molar-refractivity contribution is 5.91. The van der Waals surface area contributed by atoms with Crippen LogP contribution in [-0.4, -0.2) is 53.6 Å². The van der Waals surface area contributed by atoms with Crippen LogP contribution in [0.25, 0.3) is 0 Å². The predicted molar refractivity (Wildman–Crippen MR) is 94.6 cm³/mol. The highest BCUT2D eigenvalue weighted by Crippen LogP contribution is 2.27. The Labute approximate surface area is 148 Å². The smallest absolute Gasteiger partial charge is 0.292 e. The van der Waals surface area contributed by atoms with Crippen molar-refractivity contribution in [3.63, 3.8) is 0 Å². The van der Waals surface area contributed by atoms with Crippen molar-refractivity contribution in [2.75, 3.05) is 26.7 Å². The van der Waals surface area contributed by atoms with Crippen LogP contribution in [-0.2, 0) is 0 Å². The Morgan fingerprint density at radius 2 is 2.20 bits per heavy atom. The van der Waals surface area contributed by atoms with Crippen LogP contribution >= 0.6 is 0 Å². The zero-order valence-electron chi connectivity index (χ0n) is 15.0. The van der Waals surface area contributed by atoms with E-state index in [1.165, 1.54) is 12.7 Å². The van der Waals surface area contributed by atoms with Crippen molar-refractivity contribution in [2.24, 2.45) is 0 Å². The Balaban J connectivity index is 1.67. The number of likely N-dealkylation sites (tertiary alicyclic amines) is 1. The van der Waals surface area contributed by atoms with E-state index in [0.717, 1.165) is 19.5 Å². The van der Waals surface area contributed by atoms with Gasteiger partial charge in [0.2, 0.25) is 5.76 Å². The lowest BCUT2D eigenvalue weighted by Crippen LogP contribution is -2.42. The minimum absolute atomic E-state index is 0.127. The predicted octanol–water partition coefficient (Wildman–Crippen LogP) is 2.98. The van der Waals surface area contributed by atoms with E-state index in [2.05, 4.69) is 41.2 Å². The van der Waals surface area contributed by atoms with Gasteiger partial charge in [0, 0.05) is 31.7 Å². The van der Waals surface area contributed by atoms with Gasteiger partial charge in [-0.1, -0.05) is 30.3 Å². The summed E-state index contributed by atoms with van der Waals surface area (Å²) < 4.78 is 10.1. The lowest BCUT2D eigenvalue weighted by molar-refractivity contribution is 0.0647. The third-order valence-corrected chi connectivity index (χ3v) is 4.98. The number of methoxy groups -OCH3 is 1. The number of carbonyl (C=O) groups excluding carboxylic acids is 1. The average molecular weight is 343 g/mol. The fraction of sp³-hybridized carbons (Fsp3) is 0.474. The number of amides is 1. The molecule has 1 aromatic heterocycles. The third kappa shape index (κ3) is 3.69. The van der Waals surface area contributed by atoms with Gasteiger partial charge in [0.05, 0.1) is 13.2 Å². The first-order valence-electron chi connectivity index (χ1n) is 8.74. The van der Waals surface area contributed by atoms with Crippen molar-refractivity contribution in [3.8, 4) is 5.88 Å². The zero-order valence-corrected chi connectivity index (χ0v) is 15.0. The van der Waals surface area contributed by atoms with Crippen LogP contribution in [0.5, 0.6) is 5.88 Å². The summed E-state index contributed by atoms with van der Waals surface area (Å²) in [4.78, 5) is 17.1. The molecule has 0 spiro atoms. The quantitative estimate of drug-likeness (QED) is 0.807. The van der Waals surface area contributed by atoms with E-state index in [4.69, 9.17) is 9.26 Å². The number of ether oxygens (including phenoxy) is 1. The van der Waals surface area contributed by atoms with Gasteiger partial charge in [0.25, 0.3) is 11.8 Å². The summed E-state index contributed by atoms with van der Waals surface area (Å²) in [6.07, 6.45) is 0.960. The zero-order chi connectivity index (χ0) is 17.8. The van der Waals surface area contributed by atoms with E-state index in [-0.39, 0.29) is 17.7 Å². The van der Waals surface area contributed by atoms with Gasteiger partial charge in [-0.3, -0.25) is 9.69 Å². The Bertz CT molecular complexity index is 701. The SMILES string of the molecule is CCN(C(=O)c1cc(OC)no1)C1CCN(C(C)c2ccccc2)C1. The van der Waals surface area contributed by atoms with Gasteiger partial charge in [-0.2, -0.15) is 0 Å². The van der Waals surface area contributed by atoms with E-state index in [0.29, 0.717) is 18.5 Å². The summed E-state index contributed by atoms with van der Waals surface area (Å²) in [5.74, 6) is 0.427. The molecule has 134 valence electrons. The van der Waals surface area contributed by atoms with E-state index in [1.54, 1.807) is 6.07 Å². The first kappa shape index (κ1) is 17.5. The van der Waals surface area contributed by atoms with Gasteiger partial charge in [0.15, 0.2) is 0 Å². The summed E-state index contributed by atoms with van der Waals surface area (Å²) in [5.41, 5.74) is 1.30. The molecule has 2 aromatic rings. The first-order chi connectivity index (χ1) is 12.1. The topological polar surface area (TPSA) is 58.8 Å². The summed E-state index contributed by atoms with van der Waals surface area (Å²) in [6, 6.07) is 12.5. The molecule has 0 saturated carbocycles. The maximum absolute atomic E-state index is 12.8. The van der Waals surface area contributed by atoms with Gasteiger partial charge < -0.3 is 14.2 Å². The molecule has 6 heteroatoms. The molecule has 1 aliphatic rings. The normalized spacial score (nSPS) is 18.9. The molecule has 3 rings (SSSR count). The van der Waals surface area contributed by atoms with Crippen LogP contribution in [0.1, 0.15) is 42.4 Å². The monoisotopic (exact) mass is 343 g/mol. The van der Waals surface area contributed by atoms with Crippen LogP contribution in [0.4, 0.5) is 0 Å². The molecule has 2 unspecified atom stereocenters. The molecule has 1 amide bonds. The van der Waals surface area contributed by atoms with Gasteiger partial charge >= 0.3 is 0 Å². The largest absolute Gasteiger partial charge is 0.479 e. The minimum Gasteiger partial charge on any atom is -0.479 e. The number of carbonyl (C=O) groups is 1. The average Bonchev–Trinajstić information content (AvgIpc) is 3.32. The Morgan fingerprint density at radius 3 is 2.84 bits per heavy atom.